The lowest BCUT2D eigenvalue weighted by molar-refractivity contribution is 0.483. The quantitative estimate of drug-likeness (QED) is 0.773. The Bertz CT molecular complexity index is 407. The first-order chi connectivity index (χ1) is 9.34. The molecule has 2 heteroatoms. The molecule has 1 heterocycles. The molecule has 19 heavy (non-hydrogen) atoms. The van der Waals surface area contributed by atoms with Gasteiger partial charge in [-0.2, -0.15) is 0 Å². The maximum absolute atomic E-state index is 3.64. The van der Waals surface area contributed by atoms with Crippen molar-refractivity contribution in [2.45, 2.75) is 64.1 Å². The highest BCUT2D eigenvalue weighted by Gasteiger charge is 2.25. The van der Waals surface area contributed by atoms with Gasteiger partial charge in [0.25, 0.3) is 0 Å². The highest BCUT2D eigenvalue weighted by molar-refractivity contribution is 5.55. The van der Waals surface area contributed by atoms with Gasteiger partial charge < -0.3 is 10.2 Å². The Morgan fingerprint density at radius 3 is 2.58 bits per heavy atom. The molecule has 0 aromatic heterocycles. The Morgan fingerprint density at radius 2 is 1.79 bits per heavy atom. The number of benzene rings is 1. The second-order valence-corrected chi connectivity index (χ2v) is 6.21. The minimum Gasteiger partial charge on any atom is -0.367 e. The fraction of sp³-hybridized carbons (Fsp3) is 0.647. The first kappa shape index (κ1) is 13.0. The summed E-state index contributed by atoms with van der Waals surface area (Å²) >= 11 is 0. The zero-order valence-electron chi connectivity index (χ0n) is 12.1. The van der Waals surface area contributed by atoms with E-state index < -0.39 is 0 Å². The third kappa shape index (κ3) is 2.94. The molecule has 3 rings (SSSR count). The first-order valence-electron chi connectivity index (χ1n) is 7.92. The van der Waals surface area contributed by atoms with Gasteiger partial charge in [-0.1, -0.05) is 43.9 Å². The molecule has 0 bridgehead atoms. The number of fused-ring (bicyclic) bond motifs is 1. The van der Waals surface area contributed by atoms with Gasteiger partial charge >= 0.3 is 0 Å². The van der Waals surface area contributed by atoms with E-state index in [0.717, 1.165) is 19.1 Å². The van der Waals surface area contributed by atoms with Crippen LogP contribution >= 0.6 is 0 Å². The van der Waals surface area contributed by atoms with Crippen LogP contribution in [0, 0.1) is 0 Å². The van der Waals surface area contributed by atoms with Crippen LogP contribution in [0.1, 0.15) is 51.0 Å². The number of nitrogens with zero attached hydrogens (tertiary/aromatic N) is 1. The summed E-state index contributed by atoms with van der Waals surface area (Å²) < 4.78 is 0. The molecule has 1 saturated carbocycles. The van der Waals surface area contributed by atoms with Crippen molar-refractivity contribution in [3.63, 3.8) is 0 Å². The second kappa shape index (κ2) is 5.96. The van der Waals surface area contributed by atoms with Crippen molar-refractivity contribution in [3.05, 3.63) is 29.8 Å². The van der Waals surface area contributed by atoms with Crippen LogP contribution in [0.25, 0.3) is 0 Å². The van der Waals surface area contributed by atoms with E-state index in [0.29, 0.717) is 6.04 Å². The van der Waals surface area contributed by atoms with Crippen molar-refractivity contribution in [2.24, 2.45) is 0 Å². The third-order valence-electron chi connectivity index (χ3n) is 4.68. The van der Waals surface area contributed by atoms with Crippen LogP contribution in [0.3, 0.4) is 0 Å². The highest BCUT2D eigenvalue weighted by Crippen LogP contribution is 2.30. The molecule has 1 aliphatic heterocycles. The third-order valence-corrected chi connectivity index (χ3v) is 4.68. The molecule has 2 nitrogen and oxygen atoms in total. The SMILES string of the molecule is CC1CN(C2CCCCCC2)c2ccccc2CN1. The van der Waals surface area contributed by atoms with Crippen LogP contribution in [0.5, 0.6) is 0 Å². The summed E-state index contributed by atoms with van der Waals surface area (Å²) in [4.78, 5) is 2.70. The smallest absolute Gasteiger partial charge is 0.0414 e. The molecule has 1 unspecified atom stereocenters. The van der Waals surface area contributed by atoms with Crippen LogP contribution in [0.15, 0.2) is 24.3 Å². The van der Waals surface area contributed by atoms with Gasteiger partial charge in [-0.15, -0.1) is 0 Å². The number of para-hydroxylation sites is 1. The molecular weight excluding hydrogens is 232 g/mol. The Hall–Kier alpha value is -1.02. The van der Waals surface area contributed by atoms with Gasteiger partial charge in [-0.25, -0.2) is 0 Å². The number of anilines is 1. The molecule has 1 aliphatic carbocycles. The molecule has 1 N–H and O–H groups in total. The zero-order chi connectivity index (χ0) is 13.1. The Kier molecular flexibility index (Phi) is 4.07. The lowest BCUT2D eigenvalue weighted by atomic mass is 10.0. The molecule has 0 saturated heterocycles. The second-order valence-electron chi connectivity index (χ2n) is 6.21. The summed E-state index contributed by atoms with van der Waals surface area (Å²) in [5, 5.41) is 3.64. The van der Waals surface area contributed by atoms with Crippen LogP contribution in [0.4, 0.5) is 5.69 Å². The summed E-state index contributed by atoms with van der Waals surface area (Å²) in [6.07, 6.45) is 8.43. The normalized spacial score (nSPS) is 25.5. The summed E-state index contributed by atoms with van der Waals surface area (Å²) in [5.74, 6) is 0. The van der Waals surface area contributed by atoms with Crippen LogP contribution in [-0.4, -0.2) is 18.6 Å². The predicted octanol–water partition coefficient (Wildman–Crippen LogP) is 3.71. The van der Waals surface area contributed by atoms with Crippen molar-refractivity contribution in [1.29, 1.82) is 0 Å². The van der Waals surface area contributed by atoms with E-state index in [-0.39, 0.29) is 0 Å². The zero-order valence-corrected chi connectivity index (χ0v) is 12.1. The van der Waals surface area contributed by atoms with Crippen LogP contribution in [0.2, 0.25) is 0 Å². The molecule has 1 fully saturated rings. The van der Waals surface area contributed by atoms with E-state index in [1.807, 2.05) is 0 Å². The minimum absolute atomic E-state index is 0.579. The van der Waals surface area contributed by atoms with E-state index in [2.05, 4.69) is 41.4 Å². The minimum atomic E-state index is 0.579. The molecule has 1 aromatic carbocycles. The fourth-order valence-electron chi connectivity index (χ4n) is 3.60. The Labute approximate surface area is 117 Å². The molecule has 104 valence electrons. The molecule has 0 amide bonds. The van der Waals surface area contributed by atoms with Crippen molar-refractivity contribution >= 4 is 5.69 Å². The monoisotopic (exact) mass is 258 g/mol. The number of nitrogens with one attached hydrogen (secondary N) is 1. The lowest BCUT2D eigenvalue weighted by Gasteiger charge is -2.34. The van der Waals surface area contributed by atoms with Gasteiger partial charge in [-0.3, -0.25) is 0 Å². The average Bonchev–Trinajstić information content (AvgIpc) is 2.79. The van der Waals surface area contributed by atoms with Crippen molar-refractivity contribution in [1.82, 2.24) is 5.32 Å². The fourth-order valence-corrected chi connectivity index (χ4v) is 3.60. The van der Waals surface area contributed by atoms with Gasteiger partial charge in [0, 0.05) is 30.9 Å². The standard InChI is InChI=1S/C17H26N2/c1-14-13-19(16-9-4-2-3-5-10-16)17-11-7-6-8-15(17)12-18-14/h6-8,11,14,16,18H,2-5,9-10,12-13H2,1H3. The van der Waals surface area contributed by atoms with E-state index in [9.17, 15) is 0 Å². The Balaban J connectivity index is 1.88. The Morgan fingerprint density at radius 1 is 1.05 bits per heavy atom. The highest BCUT2D eigenvalue weighted by atomic mass is 15.2. The number of rotatable bonds is 1. The van der Waals surface area contributed by atoms with Gasteiger partial charge in [-0.05, 0) is 31.4 Å². The first-order valence-corrected chi connectivity index (χ1v) is 7.92. The molecule has 1 atom stereocenters. The van der Waals surface area contributed by atoms with Crippen molar-refractivity contribution in [2.75, 3.05) is 11.4 Å². The summed E-state index contributed by atoms with van der Waals surface area (Å²) in [6, 6.07) is 10.3. The van der Waals surface area contributed by atoms with E-state index >= 15 is 0 Å². The van der Waals surface area contributed by atoms with Gasteiger partial charge in [0.05, 0.1) is 0 Å². The van der Waals surface area contributed by atoms with Crippen molar-refractivity contribution < 1.29 is 0 Å². The summed E-state index contributed by atoms with van der Waals surface area (Å²) in [6.45, 7) is 4.48. The van der Waals surface area contributed by atoms with Gasteiger partial charge in [0.2, 0.25) is 0 Å². The number of hydrogen-bond donors (Lipinski definition) is 1. The molecule has 2 aliphatic rings. The lowest BCUT2D eigenvalue weighted by Crippen LogP contribution is -2.42. The topological polar surface area (TPSA) is 15.3 Å². The van der Waals surface area contributed by atoms with E-state index in [4.69, 9.17) is 0 Å². The van der Waals surface area contributed by atoms with Crippen molar-refractivity contribution in [3.8, 4) is 0 Å². The summed E-state index contributed by atoms with van der Waals surface area (Å²) in [7, 11) is 0. The van der Waals surface area contributed by atoms with Crippen LogP contribution < -0.4 is 10.2 Å². The molecule has 0 spiro atoms. The largest absolute Gasteiger partial charge is 0.367 e. The molecular formula is C17H26N2. The predicted molar refractivity (Wildman–Crippen MR) is 81.6 cm³/mol. The molecule has 1 aromatic rings. The number of hydrogen-bond acceptors (Lipinski definition) is 2. The van der Waals surface area contributed by atoms with E-state index in [1.54, 1.807) is 0 Å². The van der Waals surface area contributed by atoms with Gasteiger partial charge in [0.15, 0.2) is 0 Å². The maximum atomic E-state index is 3.64. The maximum Gasteiger partial charge on any atom is 0.0414 e. The molecule has 0 radical (unpaired) electrons. The van der Waals surface area contributed by atoms with Gasteiger partial charge in [0.1, 0.15) is 0 Å². The average molecular weight is 258 g/mol. The van der Waals surface area contributed by atoms with E-state index in [1.165, 1.54) is 49.8 Å². The summed E-state index contributed by atoms with van der Waals surface area (Å²) in [5.41, 5.74) is 2.95. The van der Waals surface area contributed by atoms with Crippen LogP contribution in [-0.2, 0) is 6.54 Å².